The second-order valence-electron chi connectivity index (χ2n) is 7.92. The summed E-state index contributed by atoms with van der Waals surface area (Å²) in [5, 5.41) is 7.35. The zero-order valence-electron chi connectivity index (χ0n) is 18.4. The van der Waals surface area contributed by atoms with Crippen LogP contribution in [-0.4, -0.2) is 26.8 Å². The first-order valence-corrected chi connectivity index (χ1v) is 10.7. The molecule has 0 unspecified atom stereocenters. The number of nitrogens with two attached hydrogens (primary N) is 1. The first-order chi connectivity index (χ1) is 16.5. The van der Waals surface area contributed by atoms with Gasteiger partial charge in [0.05, 0.1) is 17.2 Å². The molecule has 8 heteroatoms. The first-order valence-electron chi connectivity index (χ1n) is 10.7. The van der Waals surface area contributed by atoms with E-state index in [0.717, 1.165) is 16.7 Å². The Morgan fingerprint density at radius 1 is 1.03 bits per heavy atom. The van der Waals surface area contributed by atoms with Gasteiger partial charge in [-0.05, 0) is 42.3 Å². The number of rotatable bonds is 5. The van der Waals surface area contributed by atoms with Gasteiger partial charge < -0.3 is 11.1 Å². The normalized spacial score (nSPS) is 11.5. The van der Waals surface area contributed by atoms with Crippen LogP contribution in [0.1, 0.15) is 27.0 Å². The number of para-hydroxylation sites is 2. The van der Waals surface area contributed by atoms with E-state index in [1.54, 1.807) is 18.3 Å². The van der Waals surface area contributed by atoms with Crippen molar-refractivity contribution in [3.05, 3.63) is 101 Å². The molecule has 0 atom stereocenters. The van der Waals surface area contributed by atoms with Crippen molar-refractivity contribution in [2.75, 3.05) is 5.73 Å². The van der Waals surface area contributed by atoms with Crippen molar-refractivity contribution in [3.8, 4) is 0 Å². The van der Waals surface area contributed by atoms with Gasteiger partial charge in [-0.15, -0.1) is 0 Å². The SMILES string of the molecule is Cc1ccc(/C=N\n2c(N)c(C(=O)NCc3ccc(F)cc3)c3nc4ccccc4nc32)cc1. The van der Waals surface area contributed by atoms with Crippen molar-refractivity contribution in [2.24, 2.45) is 5.10 Å². The van der Waals surface area contributed by atoms with Crippen LogP contribution in [-0.2, 0) is 6.54 Å². The van der Waals surface area contributed by atoms with Gasteiger partial charge >= 0.3 is 0 Å². The van der Waals surface area contributed by atoms with Gasteiger partial charge in [0.15, 0.2) is 5.65 Å². The molecule has 168 valence electrons. The molecule has 0 fully saturated rings. The molecule has 5 aromatic rings. The zero-order chi connectivity index (χ0) is 23.7. The molecular weight excluding hydrogens is 431 g/mol. The molecule has 2 aromatic heterocycles. The Morgan fingerprint density at radius 3 is 2.41 bits per heavy atom. The number of nitrogens with zero attached hydrogens (tertiary/aromatic N) is 4. The molecule has 0 spiro atoms. The first kappa shape index (κ1) is 21.3. The second-order valence-corrected chi connectivity index (χ2v) is 7.92. The summed E-state index contributed by atoms with van der Waals surface area (Å²) in [5.74, 6) is -0.623. The summed E-state index contributed by atoms with van der Waals surface area (Å²) in [6, 6.07) is 21.2. The number of nitrogen functional groups attached to an aromatic ring is 1. The average Bonchev–Trinajstić information content (AvgIpc) is 3.11. The van der Waals surface area contributed by atoms with Crippen LogP contribution in [0, 0.1) is 12.7 Å². The molecule has 0 aliphatic carbocycles. The van der Waals surface area contributed by atoms with Gasteiger partial charge in [-0.3, -0.25) is 4.79 Å². The highest BCUT2D eigenvalue weighted by atomic mass is 19.1. The fourth-order valence-electron chi connectivity index (χ4n) is 3.64. The summed E-state index contributed by atoms with van der Waals surface area (Å²) < 4.78 is 14.6. The van der Waals surface area contributed by atoms with E-state index in [1.807, 2.05) is 55.5 Å². The summed E-state index contributed by atoms with van der Waals surface area (Å²) in [7, 11) is 0. The Labute approximate surface area is 194 Å². The number of benzene rings is 3. The Morgan fingerprint density at radius 2 is 1.71 bits per heavy atom. The molecule has 2 heterocycles. The highest BCUT2D eigenvalue weighted by Crippen LogP contribution is 2.28. The van der Waals surface area contributed by atoms with Crippen LogP contribution in [0.2, 0.25) is 0 Å². The van der Waals surface area contributed by atoms with E-state index >= 15 is 0 Å². The molecule has 0 bridgehead atoms. The van der Waals surface area contributed by atoms with E-state index in [2.05, 4.69) is 20.4 Å². The zero-order valence-corrected chi connectivity index (χ0v) is 18.4. The van der Waals surface area contributed by atoms with E-state index in [1.165, 1.54) is 16.8 Å². The Bertz CT molecular complexity index is 1540. The number of halogens is 1. The molecule has 7 nitrogen and oxygen atoms in total. The highest BCUT2D eigenvalue weighted by molar-refractivity contribution is 6.10. The topological polar surface area (TPSA) is 98.2 Å². The van der Waals surface area contributed by atoms with Crippen LogP contribution in [0.4, 0.5) is 10.2 Å². The van der Waals surface area contributed by atoms with Crippen LogP contribution < -0.4 is 11.1 Å². The third kappa shape index (κ3) is 4.09. The van der Waals surface area contributed by atoms with Gasteiger partial charge in [0.25, 0.3) is 5.91 Å². The van der Waals surface area contributed by atoms with Crippen LogP contribution in [0.3, 0.4) is 0 Å². The van der Waals surface area contributed by atoms with E-state index < -0.39 is 5.91 Å². The number of aromatic nitrogens is 3. The van der Waals surface area contributed by atoms with Gasteiger partial charge in [0.1, 0.15) is 22.7 Å². The monoisotopic (exact) mass is 452 g/mol. The minimum atomic E-state index is -0.416. The molecule has 1 amide bonds. The number of fused-ring (bicyclic) bond motifs is 2. The Kier molecular flexibility index (Phi) is 5.47. The number of hydrogen-bond acceptors (Lipinski definition) is 5. The summed E-state index contributed by atoms with van der Waals surface area (Å²) in [6.45, 7) is 2.22. The Balaban J connectivity index is 1.57. The van der Waals surface area contributed by atoms with E-state index in [4.69, 9.17) is 5.73 Å². The van der Waals surface area contributed by atoms with Crippen LogP contribution >= 0.6 is 0 Å². The predicted molar refractivity (Wildman–Crippen MR) is 131 cm³/mol. The lowest BCUT2D eigenvalue weighted by Crippen LogP contribution is -2.23. The Hall–Kier alpha value is -4.59. The lowest BCUT2D eigenvalue weighted by molar-refractivity contribution is 0.0953. The number of nitrogens with one attached hydrogen (secondary N) is 1. The molecular formula is C26H21FN6O. The fraction of sp³-hybridized carbons (Fsp3) is 0.0769. The smallest absolute Gasteiger partial charge is 0.257 e. The maximum absolute atomic E-state index is 13.2. The van der Waals surface area contributed by atoms with Crippen molar-refractivity contribution in [2.45, 2.75) is 13.5 Å². The number of carbonyl (C=O) groups excluding carboxylic acids is 1. The van der Waals surface area contributed by atoms with Gasteiger partial charge in [-0.2, -0.15) is 9.78 Å². The van der Waals surface area contributed by atoms with Crippen molar-refractivity contribution in [1.29, 1.82) is 0 Å². The average molecular weight is 452 g/mol. The van der Waals surface area contributed by atoms with Gasteiger partial charge in [-0.1, -0.05) is 54.1 Å². The molecule has 0 aliphatic rings. The lowest BCUT2D eigenvalue weighted by atomic mass is 10.2. The summed E-state index contributed by atoms with van der Waals surface area (Å²) >= 11 is 0. The van der Waals surface area contributed by atoms with Crippen molar-refractivity contribution >= 4 is 40.1 Å². The molecule has 0 aliphatic heterocycles. The largest absolute Gasteiger partial charge is 0.383 e. The molecule has 0 radical (unpaired) electrons. The third-order valence-electron chi connectivity index (χ3n) is 5.47. The van der Waals surface area contributed by atoms with E-state index in [0.29, 0.717) is 22.2 Å². The minimum Gasteiger partial charge on any atom is -0.383 e. The third-order valence-corrected chi connectivity index (χ3v) is 5.47. The summed E-state index contributed by atoms with van der Waals surface area (Å²) in [4.78, 5) is 22.5. The molecule has 3 aromatic carbocycles. The fourth-order valence-corrected chi connectivity index (χ4v) is 3.64. The maximum atomic E-state index is 13.2. The highest BCUT2D eigenvalue weighted by Gasteiger charge is 2.24. The van der Waals surface area contributed by atoms with Crippen molar-refractivity contribution in [3.63, 3.8) is 0 Å². The molecule has 0 saturated carbocycles. The number of aryl methyl sites for hydroxylation is 1. The summed E-state index contributed by atoms with van der Waals surface area (Å²) in [6.07, 6.45) is 1.66. The van der Waals surface area contributed by atoms with E-state index in [9.17, 15) is 9.18 Å². The predicted octanol–water partition coefficient (Wildman–Crippen LogP) is 4.43. The van der Waals surface area contributed by atoms with Crippen LogP contribution in [0.5, 0.6) is 0 Å². The number of anilines is 1. The van der Waals surface area contributed by atoms with Crippen LogP contribution in [0.15, 0.2) is 77.9 Å². The van der Waals surface area contributed by atoms with Crippen LogP contribution in [0.25, 0.3) is 22.2 Å². The van der Waals surface area contributed by atoms with E-state index in [-0.39, 0.29) is 23.7 Å². The van der Waals surface area contributed by atoms with Crippen molar-refractivity contribution in [1.82, 2.24) is 20.0 Å². The van der Waals surface area contributed by atoms with Gasteiger partial charge in [0, 0.05) is 6.54 Å². The van der Waals surface area contributed by atoms with Gasteiger partial charge in [-0.25, -0.2) is 14.4 Å². The molecule has 5 rings (SSSR count). The molecule has 0 saturated heterocycles. The van der Waals surface area contributed by atoms with Crippen molar-refractivity contribution < 1.29 is 9.18 Å². The second kappa shape index (κ2) is 8.74. The summed E-state index contributed by atoms with van der Waals surface area (Å²) in [5.41, 5.74) is 11.4. The maximum Gasteiger partial charge on any atom is 0.257 e. The number of hydrogen-bond donors (Lipinski definition) is 2. The quantitative estimate of drug-likeness (QED) is 0.386. The van der Waals surface area contributed by atoms with Gasteiger partial charge in [0.2, 0.25) is 0 Å². The number of amides is 1. The minimum absolute atomic E-state index is 0.130. The standard InChI is InChI=1S/C26H21FN6O/c1-16-6-8-18(9-7-16)15-30-33-24(28)22(26(34)29-14-17-10-12-19(27)13-11-17)23-25(33)32-21-5-3-2-4-20(21)31-23/h2-13,15H,14,28H2,1H3,(H,29,34)/b30-15-. The lowest BCUT2D eigenvalue weighted by Gasteiger charge is -2.06. The number of carbonyl (C=O) groups is 1. The molecule has 34 heavy (non-hydrogen) atoms. The molecule has 3 N–H and O–H groups in total.